The van der Waals surface area contributed by atoms with Crippen LogP contribution < -0.4 is 5.73 Å². The van der Waals surface area contributed by atoms with E-state index >= 15 is 0 Å². The number of nitrogens with zero attached hydrogens (tertiary/aromatic N) is 1. The Hall–Kier alpha value is -0.750. The maximum atomic E-state index is 12.2. The highest BCUT2D eigenvalue weighted by Gasteiger charge is 2.16. The molecule has 0 bridgehead atoms. The van der Waals surface area contributed by atoms with E-state index in [0.29, 0.717) is 5.56 Å². The van der Waals surface area contributed by atoms with E-state index in [1.165, 1.54) is 6.07 Å². The highest BCUT2D eigenvalue weighted by molar-refractivity contribution is 9.10. The van der Waals surface area contributed by atoms with E-state index in [-0.39, 0.29) is 11.1 Å². The Morgan fingerprint density at radius 1 is 1.62 bits per heavy atom. The molecular formula is C7H7BrF2N2O. The van der Waals surface area contributed by atoms with Gasteiger partial charge in [-0.05, 0) is 22.0 Å². The lowest BCUT2D eigenvalue weighted by atomic mass is 10.2. The third-order valence-electron chi connectivity index (χ3n) is 1.48. The Morgan fingerprint density at radius 2 is 2.23 bits per heavy atom. The predicted molar refractivity (Wildman–Crippen MR) is 46.5 cm³/mol. The maximum absolute atomic E-state index is 12.2. The van der Waals surface area contributed by atoms with Gasteiger partial charge in [-0.15, -0.1) is 0 Å². The van der Waals surface area contributed by atoms with Gasteiger partial charge in [-0.2, -0.15) is 0 Å². The van der Waals surface area contributed by atoms with Crippen LogP contribution >= 0.6 is 15.9 Å². The zero-order valence-electron chi connectivity index (χ0n) is 6.47. The van der Waals surface area contributed by atoms with Crippen LogP contribution in [0.4, 0.5) is 8.78 Å². The second kappa shape index (κ2) is 3.97. The second-order valence-electron chi connectivity index (χ2n) is 2.35. The number of aromatic hydroxyl groups is 1. The van der Waals surface area contributed by atoms with Crippen molar-refractivity contribution in [3.63, 3.8) is 0 Å². The number of alkyl halides is 2. The zero-order valence-corrected chi connectivity index (χ0v) is 8.05. The fraction of sp³-hybridized carbons (Fsp3) is 0.286. The number of hydrogen-bond acceptors (Lipinski definition) is 3. The van der Waals surface area contributed by atoms with Crippen LogP contribution in [0.1, 0.15) is 17.7 Å². The minimum absolute atomic E-state index is 0.130. The molecule has 0 spiro atoms. The van der Waals surface area contributed by atoms with Crippen molar-refractivity contribution in [2.45, 2.75) is 13.0 Å². The molecule has 1 heterocycles. The average Bonchev–Trinajstić information content (AvgIpc) is 2.07. The molecule has 0 unspecified atom stereocenters. The average molecular weight is 253 g/mol. The molecule has 13 heavy (non-hydrogen) atoms. The molecule has 72 valence electrons. The predicted octanol–water partition coefficient (Wildman–Crippen LogP) is 1.95. The Kier molecular flexibility index (Phi) is 3.16. The molecule has 0 saturated heterocycles. The summed E-state index contributed by atoms with van der Waals surface area (Å²) in [5.74, 6) is -0.529. The SMILES string of the molecule is NCc1cc(O)c(C(F)F)nc1Br. The van der Waals surface area contributed by atoms with Gasteiger partial charge < -0.3 is 10.8 Å². The molecule has 6 heteroatoms. The van der Waals surface area contributed by atoms with E-state index in [9.17, 15) is 8.78 Å². The van der Waals surface area contributed by atoms with Crippen molar-refractivity contribution in [3.05, 3.63) is 21.9 Å². The normalized spacial score (nSPS) is 10.8. The van der Waals surface area contributed by atoms with Gasteiger partial charge in [-0.3, -0.25) is 0 Å². The minimum atomic E-state index is -2.79. The lowest BCUT2D eigenvalue weighted by Crippen LogP contribution is -2.01. The van der Waals surface area contributed by atoms with E-state index in [1.54, 1.807) is 0 Å². The molecule has 3 nitrogen and oxygen atoms in total. The number of nitrogens with two attached hydrogens (primary N) is 1. The number of rotatable bonds is 2. The van der Waals surface area contributed by atoms with Crippen LogP contribution in [0.5, 0.6) is 5.75 Å². The zero-order chi connectivity index (χ0) is 10.0. The lowest BCUT2D eigenvalue weighted by molar-refractivity contribution is 0.141. The molecule has 1 rings (SSSR count). The van der Waals surface area contributed by atoms with Crippen molar-refractivity contribution in [3.8, 4) is 5.75 Å². The van der Waals surface area contributed by atoms with Crippen LogP contribution in [0.2, 0.25) is 0 Å². The first-order valence-electron chi connectivity index (χ1n) is 3.42. The fourth-order valence-electron chi connectivity index (χ4n) is 0.837. The molecule has 0 fully saturated rings. The topological polar surface area (TPSA) is 59.1 Å². The molecule has 0 aliphatic carbocycles. The molecular weight excluding hydrogens is 246 g/mol. The second-order valence-corrected chi connectivity index (χ2v) is 3.10. The third kappa shape index (κ3) is 2.13. The van der Waals surface area contributed by atoms with Gasteiger partial charge >= 0.3 is 0 Å². The first-order chi connectivity index (χ1) is 6.06. The number of hydrogen-bond donors (Lipinski definition) is 2. The fourth-order valence-corrected chi connectivity index (χ4v) is 1.30. The molecule has 1 aromatic heterocycles. The van der Waals surface area contributed by atoms with Crippen molar-refractivity contribution in [2.24, 2.45) is 5.73 Å². The molecule has 0 amide bonds. The van der Waals surface area contributed by atoms with Crippen molar-refractivity contribution in [2.75, 3.05) is 0 Å². The summed E-state index contributed by atoms with van der Waals surface area (Å²) in [5, 5.41) is 9.10. The van der Waals surface area contributed by atoms with Gasteiger partial charge in [-0.1, -0.05) is 0 Å². The van der Waals surface area contributed by atoms with Gasteiger partial charge in [0.25, 0.3) is 6.43 Å². The van der Waals surface area contributed by atoms with Gasteiger partial charge in [0, 0.05) is 12.1 Å². The minimum Gasteiger partial charge on any atom is -0.506 e. The Balaban J connectivity index is 3.20. The van der Waals surface area contributed by atoms with E-state index in [2.05, 4.69) is 20.9 Å². The smallest absolute Gasteiger partial charge is 0.284 e. The highest BCUT2D eigenvalue weighted by Crippen LogP contribution is 2.29. The summed E-state index contributed by atoms with van der Waals surface area (Å²) in [4.78, 5) is 3.48. The Morgan fingerprint density at radius 3 is 2.69 bits per heavy atom. The van der Waals surface area contributed by atoms with Crippen LogP contribution in [0.15, 0.2) is 10.7 Å². The lowest BCUT2D eigenvalue weighted by Gasteiger charge is -2.06. The summed E-state index contributed by atoms with van der Waals surface area (Å²) in [7, 11) is 0. The summed E-state index contributed by atoms with van der Waals surface area (Å²) < 4.78 is 24.6. The highest BCUT2D eigenvalue weighted by atomic mass is 79.9. The summed E-state index contributed by atoms with van der Waals surface area (Å²) in [6.45, 7) is 0.130. The van der Waals surface area contributed by atoms with Gasteiger partial charge in [-0.25, -0.2) is 13.8 Å². The molecule has 0 atom stereocenters. The van der Waals surface area contributed by atoms with Gasteiger partial charge in [0.15, 0.2) is 0 Å². The van der Waals surface area contributed by atoms with E-state index in [4.69, 9.17) is 10.8 Å². The first-order valence-corrected chi connectivity index (χ1v) is 4.22. The molecule has 0 saturated carbocycles. The van der Waals surface area contributed by atoms with Crippen molar-refractivity contribution < 1.29 is 13.9 Å². The molecule has 3 N–H and O–H groups in total. The number of pyridine rings is 1. The van der Waals surface area contributed by atoms with Gasteiger partial charge in [0.2, 0.25) is 0 Å². The van der Waals surface area contributed by atoms with Crippen molar-refractivity contribution in [1.29, 1.82) is 0 Å². The number of aromatic nitrogens is 1. The van der Waals surface area contributed by atoms with Crippen molar-refractivity contribution in [1.82, 2.24) is 4.98 Å². The van der Waals surface area contributed by atoms with Crippen molar-refractivity contribution >= 4 is 15.9 Å². The Bertz CT molecular complexity index is 320. The molecule has 0 aliphatic heterocycles. The molecule has 0 radical (unpaired) electrons. The maximum Gasteiger partial charge on any atom is 0.284 e. The largest absolute Gasteiger partial charge is 0.506 e. The monoisotopic (exact) mass is 252 g/mol. The quantitative estimate of drug-likeness (QED) is 0.792. The molecule has 1 aromatic rings. The Labute approximate surface area is 81.7 Å². The van der Waals surface area contributed by atoms with Crippen LogP contribution in [-0.4, -0.2) is 10.1 Å². The van der Waals surface area contributed by atoms with E-state index in [1.807, 2.05) is 0 Å². The van der Waals surface area contributed by atoms with Gasteiger partial charge in [0.05, 0.1) is 0 Å². The summed E-state index contributed by atoms with van der Waals surface area (Å²) >= 11 is 2.97. The van der Waals surface area contributed by atoms with Crippen LogP contribution in [0.25, 0.3) is 0 Å². The third-order valence-corrected chi connectivity index (χ3v) is 2.17. The van der Waals surface area contributed by atoms with Crippen LogP contribution in [0, 0.1) is 0 Å². The van der Waals surface area contributed by atoms with E-state index in [0.717, 1.165) is 0 Å². The summed E-state index contributed by atoms with van der Waals surface area (Å²) in [5.41, 5.74) is 5.13. The van der Waals surface area contributed by atoms with Crippen LogP contribution in [0.3, 0.4) is 0 Å². The van der Waals surface area contributed by atoms with Crippen LogP contribution in [-0.2, 0) is 6.54 Å². The number of halogens is 3. The summed E-state index contributed by atoms with van der Waals surface area (Å²) in [6.07, 6.45) is -2.79. The molecule has 0 aliphatic rings. The first kappa shape index (κ1) is 10.3. The van der Waals surface area contributed by atoms with E-state index < -0.39 is 17.9 Å². The summed E-state index contributed by atoms with van der Waals surface area (Å²) in [6, 6.07) is 1.18. The standard InChI is InChI=1S/C7H7BrF2N2O/c8-6-3(2-11)1-4(13)5(12-6)7(9)10/h1,7,13H,2,11H2. The molecule has 0 aromatic carbocycles. The van der Waals surface area contributed by atoms with Gasteiger partial charge in [0.1, 0.15) is 16.0 Å².